The van der Waals surface area contributed by atoms with Crippen molar-refractivity contribution < 1.29 is 18.7 Å². The maximum atomic E-state index is 13.7. The average Bonchev–Trinajstić information content (AvgIpc) is 3.39. The van der Waals surface area contributed by atoms with Crippen molar-refractivity contribution in [3.63, 3.8) is 0 Å². The Morgan fingerprint density at radius 2 is 2.17 bits per heavy atom. The zero-order chi connectivity index (χ0) is 20.6. The van der Waals surface area contributed by atoms with Gasteiger partial charge in [-0.3, -0.25) is 9.59 Å². The molecule has 2 aliphatic carbocycles. The van der Waals surface area contributed by atoms with E-state index in [4.69, 9.17) is 10.00 Å². The normalized spacial score (nSPS) is 30.2. The lowest BCUT2D eigenvalue weighted by Gasteiger charge is -2.31. The second kappa shape index (κ2) is 7.66. The predicted molar refractivity (Wildman–Crippen MR) is 103 cm³/mol. The summed E-state index contributed by atoms with van der Waals surface area (Å²) in [7, 11) is 0. The molecule has 2 saturated carbocycles. The van der Waals surface area contributed by atoms with Crippen LogP contribution in [-0.2, 0) is 15.0 Å². The van der Waals surface area contributed by atoms with Crippen LogP contribution in [0.1, 0.15) is 44.6 Å². The van der Waals surface area contributed by atoms with Crippen LogP contribution in [0.2, 0.25) is 0 Å². The molecule has 2 fully saturated rings. The third-order valence-electron chi connectivity index (χ3n) is 6.73. The smallest absolute Gasteiger partial charge is 0.224 e. The second-order valence-electron chi connectivity index (χ2n) is 8.51. The van der Waals surface area contributed by atoms with Crippen LogP contribution in [0.3, 0.4) is 0 Å². The zero-order valence-corrected chi connectivity index (χ0v) is 16.5. The van der Waals surface area contributed by atoms with Crippen molar-refractivity contribution in [3.8, 4) is 11.8 Å². The van der Waals surface area contributed by atoms with Crippen LogP contribution in [0.5, 0.6) is 5.75 Å². The number of rotatable bonds is 6. The van der Waals surface area contributed by atoms with Crippen LogP contribution in [-0.4, -0.2) is 31.0 Å². The molecule has 0 saturated heterocycles. The summed E-state index contributed by atoms with van der Waals surface area (Å²) >= 11 is 0. The van der Waals surface area contributed by atoms with Gasteiger partial charge in [-0.1, -0.05) is 6.92 Å². The Balaban J connectivity index is 1.31. The molecular formula is C22H26FN3O3. The average molecular weight is 399 g/mol. The molecule has 1 heterocycles. The Labute approximate surface area is 169 Å². The van der Waals surface area contributed by atoms with Crippen molar-refractivity contribution in [3.05, 3.63) is 29.6 Å². The van der Waals surface area contributed by atoms with Gasteiger partial charge in [-0.15, -0.1) is 0 Å². The number of ether oxygens (including phenoxy) is 1. The summed E-state index contributed by atoms with van der Waals surface area (Å²) in [6, 6.07) is 6.55. The highest BCUT2D eigenvalue weighted by Gasteiger charge is 2.61. The molecule has 6 nitrogen and oxygen atoms in total. The highest BCUT2D eigenvalue weighted by Crippen LogP contribution is 2.60. The van der Waals surface area contributed by atoms with E-state index in [1.165, 1.54) is 12.1 Å². The Morgan fingerprint density at radius 1 is 1.38 bits per heavy atom. The quantitative estimate of drug-likeness (QED) is 0.769. The summed E-state index contributed by atoms with van der Waals surface area (Å²) in [6.07, 6.45) is 3.34. The van der Waals surface area contributed by atoms with Crippen LogP contribution >= 0.6 is 0 Å². The lowest BCUT2D eigenvalue weighted by atomic mass is 9.75. The summed E-state index contributed by atoms with van der Waals surface area (Å²) in [5.41, 5.74) is 0.462. The van der Waals surface area contributed by atoms with Crippen LogP contribution < -0.4 is 15.4 Å². The van der Waals surface area contributed by atoms with Gasteiger partial charge < -0.3 is 15.4 Å². The summed E-state index contributed by atoms with van der Waals surface area (Å²) in [5.74, 6) is -0.0279. The molecule has 7 heteroatoms. The minimum absolute atomic E-state index is 0.0104. The Morgan fingerprint density at radius 3 is 2.90 bits per heavy atom. The van der Waals surface area contributed by atoms with E-state index in [2.05, 4.69) is 16.7 Å². The third kappa shape index (κ3) is 3.68. The fourth-order valence-corrected chi connectivity index (χ4v) is 4.62. The van der Waals surface area contributed by atoms with Crippen LogP contribution in [0.15, 0.2) is 18.2 Å². The molecule has 1 aromatic carbocycles. The van der Waals surface area contributed by atoms with Crippen LogP contribution in [0, 0.1) is 34.9 Å². The third-order valence-corrected chi connectivity index (χ3v) is 6.73. The van der Waals surface area contributed by atoms with Gasteiger partial charge in [0.05, 0.1) is 12.7 Å². The van der Waals surface area contributed by atoms with Crippen molar-refractivity contribution in [2.75, 3.05) is 13.2 Å². The van der Waals surface area contributed by atoms with Gasteiger partial charge in [-0.25, -0.2) is 4.39 Å². The maximum absolute atomic E-state index is 13.7. The molecule has 29 heavy (non-hydrogen) atoms. The maximum Gasteiger partial charge on any atom is 0.224 e. The summed E-state index contributed by atoms with van der Waals surface area (Å²) in [4.78, 5) is 25.0. The predicted octanol–water partition coefficient (Wildman–Crippen LogP) is 2.43. The van der Waals surface area contributed by atoms with Crippen molar-refractivity contribution in [1.29, 1.82) is 5.26 Å². The standard InChI is InChI=1S/C22H26FN3O3/c1-2-16(26-20(27)14-7-13(8-14)11-24)12-25-21(28)18-10-22(18)5-6-29-19-4-3-15(23)9-17(19)22/h3-4,9,13-14,16,18H,2,5-8,10,12H2,1H3,(H,25,28)(H,26,27)/t13?,14?,16-,18+,22+/m1/s1. The molecule has 154 valence electrons. The molecule has 0 aromatic heterocycles. The van der Waals surface area contributed by atoms with Crippen LogP contribution in [0.25, 0.3) is 0 Å². The molecule has 3 atom stereocenters. The lowest BCUT2D eigenvalue weighted by Crippen LogP contribution is -2.48. The summed E-state index contributed by atoms with van der Waals surface area (Å²) in [5, 5.41) is 14.8. The number of nitrogens with zero attached hydrogens (tertiary/aromatic N) is 1. The largest absolute Gasteiger partial charge is 0.493 e. The first-order valence-corrected chi connectivity index (χ1v) is 10.4. The van der Waals surface area contributed by atoms with Crippen molar-refractivity contribution in [2.24, 2.45) is 17.8 Å². The molecule has 1 spiro atoms. The van der Waals surface area contributed by atoms with E-state index >= 15 is 0 Å². The van der Waals surface area contributed by atoms with E-state index in [-0.39, 0.29) is 46.8 Å². The van der Waals surface area contributed by atoms with Gasteiger partial charge in [-0.05, 0) is 50.3 Å². The number of nitrogens with one attached hydrogen (secondary N) is 2. The molecule has 2 amide bonds. The molecule has 1 aromatic rings. The van der Waals surface area contributed by atoms with Crippen molar-refractivity contribution in [1.82, 2.24) is 10.6 Å². The van der Waals surface area contributed by atoms with Gasteiger partial charge >= 0.3 is 0 Å². The lowest BCUT2D eigenvalue weighted by molar-refractivity contribution is -0.129. The SMILES string of the molecule is CC[C@H](CNC(=O)[C@@H]1C[C@]12CCOc1ccc(F)cc12)NC(=O)C1CC(C#N)C1. The number of halogens is 1. The van der Waals surface area contributed by atoms with E-state index < -0.39 is 0 Å². The number of carbonyl (C=O) groups excluding carboxylic acids is 2. The molecule has 2 N–H and O–H groups in total. The Bertz CT molecular complexity index is 861. The number of nitriles is 1. The fraction of sp³-hybridized carbons (Fsp3) is 0.591. The number of fused-ring (bicyclic) bond motifs is 2. The number of benzene rings is 1. The molecule has 0 bridgehead atoms. The molecule has 0 radical (unpaired) electrons. The minimum Gasteiger partial charge on any atom is -0.493 e. The van der Waals surface area contributed by atoms with E-state index in [0.717, 1.165) is 5.56 Å². The van der Waals surface area contributed by atoms with E-state index in [1.54, 1.807) is 6.07 Å². The summed E-state index contributed by atoms with van der Waals surface area (Å²) in [6.45, 7) is 2.86. The fourth-order valence-electron chi connectivity index (χ4n) is 4.62. The Kier molecular flexibility index (Phi) is 5.20. The monoisotopic (exact) mass is 399 g/mol. The first-order valence-electron chi connectivity index (χ1n) is 10.4. The topological polar surface area (TPSA) is 91.2 Å². The first-order chi connectivity index (χ1) is 14.0. The van der Waals surface area contributed by atoms with Crippen molar-refractivity contribution in [2.45, 2.75) is 50.5 Å². The number of hydrogen-bond acceptors (Lipinski definition) is 4. The van der Waals surface area contributed by atoms with E-state index in [9.17, 15) is 14.0 Å². The summed E-state index contributed by atoms with van der Waals surface area (Å²) < 4.78 is 19.4. The molecule has 3 aliphatic rings. The van der Waals surface area contributed by atoms with Crippen molar-refractivity contribution >= 4 is 11.8 Å². The van der Waals surface area contributed by atoms with Crippen LogP contribution in [0.4, 0.5) is 4.39 Å². The minimum atomic E-state index is -0.330. The Hall–Kier alpha value is -2.62. The molecular weight excluding hydrogens is 373 g/mol. The second-order valence-corrected chi connectivity index (χ2v) is 8.51. The van der Waals surface area contributed by atoms with Gasteiger partial charge in [0.25, 0.3) is 0 Å². The first kappa shape index (κ1) is 19.7. The van der Waals surface area contributed by atoms with Gasteiger partial charge in [0.2, 0.25) is 11.8 Å². The zero-order valence-electron chi connectivity index (χ0n) is 16.5. The highest BCUT2D eigenvalue weighted by molar-refractivity contribution is 5.85. The molecule has 1 aliphatic heterocycles. The van der Waals surface area contributed by atoms with Gasteiger partial charge in [0.15, 0.2) is 0 Å². The number of carbonyl (C=O) groups is 2. The van der Waals surface area contributed by atoms with E-state index in [1.807, 2.05) is 6.92 Å². The molecule has 0 unspecified atom stereocenters. The molecule has 4 rings (SSSR count). The highest BCUT2D eigenvalue weighted by atomic mass is 19.1. The van der Waals surface area contributed by atoms with Gasteiger partial charge in [0, 0.05) is 41.3 Å². The van der Waals surface area contributed by atoms with Gasteiger partial charge in [-0.2, -0.15) is 5.26 Å². The van der Waals surface area contributed by atoms with E-state index in [0.29, 0.717) is 51.0 Å². The number of amides is 2. The number of hydrogen-bond donors (Lipinski definition) is 2. The van der Waals surface area contributed by atoms with Gasteiger partial charge in [0.1, 0.15) is 11.6 Å².